The molecule has 0 bridgehead atoms. The predicted molar refractivity (Wildman–Crippen MR) is 93.9 cm³/mol. The highest BCUT2D eigenvalue weighted by atomic mass is 19.4. The fourth-order valence-electron chi connectivity index (χ4n) is 3.00. The minimum absolute atomic E-state index is 0.0538. The van der Waals surface area contributed by atoms with Crippen molar-refractivity contribution in [1.29, 1.82) is 0 Å². The zero-order valence-electron chi connectivity index (χ0n) is 14.1. The number of ether oxygens (including phenoxy) is 1. The van der Waals surface area contributed by atoms with Crippen LogP contribution in [0.5, 0.6) is 5.75 Å². The Balaban J connectivity index is 1.68. The minimum atomic E-state index is -4.85. The summed E-state index contributed by atoms with van der Waals surface area (Å²) in [5.74, 6) is -0.967. The molecule has 7 heteroatoms. The summed E-state index contributed by atoms with van der Waals surface area (Å²) < 4.78 is 47.4. The summed E-state index contributed by atoms with van der Waals surface area (Å²) in [5.41, 5.74) is 0.669. The van der Waals surface area contributed by atoms with Gasteiger partial charge in [-0.2, -0.15) is 0 Å². The molecule has 0 atom stereocenters. The lowest BCUT2D eigenvalue weighted by Gasteiger charge is -2.11. The van der Waals surface area contributed by atoms with Crippen molar-refractivity contribution in [2.24, 2.45) is 0 Å². The van der Waals surface area contributed by atoms with Gasteiger partial charge in [0.15, 0.2) is 11.6 Å². The number of alkyl halides is 3. The van der Waals surface area contributed by atoms with E-state index in [9.17, 15) is 22.8 Å². The van der Waals surface area contributed by atoms with Crippen LogP contribution in [-0.4, -0.2) is 17.9 Å². The first-order valence-electron chi connectivity index (χ1n) is 8.18. The molecule has 0 radical (unpaired) electrons. The number of fused-ring (bicyclic) bond motifs is 1. The lowest BCUT2D eigenvalue weighted by molar-refractivity contribution is -0.274. The highest BCUT2D eigenvalue weighted by Crippen LogP contribution is 2.35. The van der Waals surface area contributed by atoms with Gasteiger partial charge >= 0.3 is 6.36 Å². The Morgan fingerprint density at radius 2 is 1.36 bits per heavy atom. The average Bonchev–Trinajstić information content (AvgIpc) is 3.21. The lowest BCUT2D eigenvalue weighted by atomic mass is 10.1. The second kappa shape index (κ2) is 6.53. The third kappa shape index (κ3) is 3.22. The van der Waals surface area contributed by atoms with Gasteiger partial charge in [0.25, 0.3) is 0 Å². The van der Waals surface area contributed by atoms with Gasteiger partial charge in [-0.15, -0.1) is 13.2 Å². The van der Waals surface area contributed by atoms with Gasteiger partial charge in [0, 0.05) is 11.1 Å². The van der Waals surface area contributed by atoms with E-state index in [0.29, 0.717) is 11.1 Å². The number of halogens is 3. The maximum atomic E-state index is 12.6. The van der Waals surface area contributed by atoms with Crippen molar-refractivity contribution in [3.8, 4) is 17.1 Å². The molecule has 28 heavy (non-hydrogen) atoms. The van der Waals surface area contributed by atoms with Gasteiger partial charge in [-0.05, 0) is 30.3 Å². The van der Waals surface area contributed by atoms with Gasteiger partial charge in [-0.25, -0.2) is 0 Å². The Morgan fingerprint density at radius 3 is 1.96 bits per heavy atom. The molecule has 0 saturated heterocycles. The molecular formula is C21H11F3O4. The third-order valence-electron chi connectivity index (χ3n) is 4.20. The van der Waals surface area contributed by atoms with E-state index in [1.807, 2.05) is 0 Å². The van der Waals surface area contributed by atoms with Crippen LogP contribution >= 0.6 is 0 Å². The summed E-state index contributed by atoms with van der Waals surface area (Å²) in [6.07, 6.45) is -3.55. The molecule has 0 amide bonds. The van der Waals surface area contributed by atoms with Crippen molar-refractivity contribution in [3.63, 3.8) is 0 Å². The molecule has 4 nitrogen and oxygen atoms in total. The Labute approximate surface area is 156 Å². The van der Waals surface area contributed by atoms with Crippen molar-refractivity contribution in [2.45, 2.75) is 6.36 Å². The smallest absolute Gasteiger partial charge is 0.457 e. The van der Waals surface area contributed by atoms with Crippen LogP contribution in [0.4, 0.5) is 13.2 Å². The van der Waals surface area contributed by atoms with Gasteiger partial charge < -0.3 is 9.15 Å². The Kier molecular flexibility index (Phi) is 4.15. The zero-order valence-corrected chi connectivity index (χ0v) is 14.1. The molecule has 3 aromatic rings. The first-order chi connectivity index (χ1) is 13.3. The van der Waals surface area contributed by atoms with Crippen LogP contribution < -0.4 is 4.74 Å². The first kappa shape index (κ1) is 17.8. The molecule has 0 saturated carbocycles. The van der Waals surface area contributed by atoms with Gasteiger partial charge in [0.2, 0.25) is 0 Å². The van der Waals surface area contributed by atoms with E-state index in [0.717, 1.165) is 0 Å². The Bertz CT molecular complexity index is 1090. The number of rotatable bonds is 3. The van der Waals surface area contributed by atoms with E-state index in [-0.39, 0.29) is 22.7 Å². The zero-order chi connectivity index (χ0) is 19.9. The molecule has 1 aliphatic rings. The SMILES string of the molecule is O=C1C(=Cc2ccc(-c3ccccc3OC(F)(F)F)o2)C(=O)c2ccccc21. The molecule has 1 aliphatic carbocycles. The van der Waals surface area contributed by atoms with E-state index < -0.39 is 23.7 Å². The summed E-state index contributed by atoms with van der Waals surface area (Å²) in [6, 6.07) is 14.9. The monoisotopic (exact) mass is 384 g/mol. The fourth-order valence-corrected chi connectivity index (χ4v) is 3.00. The number of para-hydroxylation sites is 1. The Morgan fingerprint density at radius 1 is 0.786 bits per heavy atom. The molecule has 140 valence electrons. The van der Waals surface area contributed by atoms with E-state index in [4.69, 9.17) is 4.42 Å². The maximum Gasteiger partial charge on any atom is 0.573 e. The van der Waals surface area contributed by atoms with Gasteiger partial charge in [-0.1, -0.05) is 36.4 Å². The normalized spacial score (nSPS) is 13.6. The first-order valence-corrected chi connectivity index (χ1v) is 8.18. The number of hydrogen-bond donors (Lipinski definition) is 0. The second-order valence-corrected chi connectivity index (χ2v) is 6.01. The molecule has 0 N–H and O–H groups in total. The van der Waals surface area contributed by atoms with Crippen LogP contribution in [0.2, 0.25) is 0 Å². The van der Waals surface area contributed by atoms with E-state index in [1.54, 1.807) is 30.3 Å². The molecule has 0 fully saturated rings. The van der Waals surface area contributed by atoms with Crippen LogP contribution in [0.3, 0.4) is 0 Å². The van der Waals surface area contributed by atoms with Crippen LogP contribution in [0, 0.1) is 0 Å². The number of allylic oxidation sites excluding steroid dienone is 1. The number of carbonyl (C=O) groups is 2. The highest BCUT2D eigenvalue weighted by molar-refractivity contribution is 6.41. The lowest BCUT2D eigenvalue weighted by Crippen LogP contribution is -2.17. The number of hydrogen-bond acceptors (Lipinski definition) is 4. The molecule has 0 aliphatic heterocycles. The van der Waals surface area contributed by atoms with Gasteiger partial charge in [0.05, 0.1) is 11.1 Å². The average molecular weight is 384 g/mol. The van der Waals surface area contributed by atoms with Crippen molar-refractivity contribution in [3.05, 3.63) is 83.1 Å². The summed E-state index contributed by atoms with van der Waals surface area (Å²) in [5, 5.41) is 0. The molecule has 0 unspecified atom stereocenters. The fraction of sp³-hybridized carbons (Fsp3) is 0.0476. The quantitative estimate of drug-likeness (QED) is 0.454. The molecule has 1 heterocycles. The summed E-state index contributed by atoms with van der Waals surface area (Å²) >= 11 is 0. The summed E-state index contributed by atoms with van der Waals surface area (Å²) in [4.78, 5) is 24.8. The van der Waals surface area contributed by atoms with Crippen molar-refractivity contribution < 1.29 is 31.9 Å². The number of Topliss-reactive ketones (excluding diaryl/α,β-unsaturated/α-hetero) is 2. The van der Waals surface area contributed by atoms with Crippen LogP contribution in [0.1, 0.15) is 26.5 Å². The number of benzene rings is 2. The molecule has 4 rings (SSSR count). The van der Waals surface area contributed by atoms with Crippen molar-refractivity contribution >= 4 is 17.6 Å². The van der Waals surface area contributed by atoms with Crippen molar-refractivity contribution in [1.82, 2.24) is 0 Å². The topological polar surface area (TPSA) is 56.5 Å². The largest absolute Gasteiger partial charge is 0.573 e. The summed E-state index contributed by atoms with van der Waals surface area (Å²) in [7, 11) is 0. The predicted octanol–water partition coefficient (Wildman–Crippen LogP) is 5.31. The molecule has 1 aromatic heterocycles. The number of carbonyl (C=O) groups excluding carboxylic acids is 2. The standard InChI is InChI=1S/C21H11F3O4/c22-21(23,24)28-18-8-4-3-7-15(18)17-10-9-12(27-17)11-16-19(25)13-5-1-2-6-14(13)20(16)26/h1-11H. The molecule has 2 aromatic carbocycles. The van der Waals surface area contributed by atoms with Crippen LogP contribution in [-0.2, 0) is 0 Å². The summed E-state index contributed by atoms with van der Waals surface area (Å²) in [6.45, 7) is 0. The van der Waals surface area contributed by atoms with E-state index in [2.05, 4.69) is 4.74 Å². The van der Waals surface area contributed by atoms with E-state index in [1.165, 1.54) is 36.4 Å². The maximum absolute atomic E-state index is 12.6. The van der Waals surface area contributed by atoms with Gasteiger partial charge in [-0.3, -0.25) is 9.59 Å². The van der Waals surface area contributed by atoms with Crippen molar-refractivity contribution in [2.75, 3.05) is 0 Å². The molecular weight excluding hydrogens is 373 g/mol. The Hall–Kier alpha value is -3.61. The minimum Gasteiger partial charge on any atom is -0.457 e. The van der Waals surface area contributed by atoms with E-state index >= 15 is 0 Å². The third-order valence-corrected chi connectivity index (χ3v) is 4.20. The van der Waals surface area contributed by atoms with Gasteiger partial charge in [0.1, 0.15) is 17.3 Å². The second-order valence-electron chi connectivity index (χ2n) is 6.01. The number of furan rings is 1. The number of ketones is 2. The highest BCUT2D eigenvalue weighted by Gasteiger charge is 2.34. The van der Waals surface area contributed by atoms with Crippen LogP contribution in [0.25, 0.3) is 17.4 Å². The van der Waals surface area contributed by atoms with Crippen LogP contribution in [0.15, 0.2) is 70.7 Å². The molecule has 0 spiro atoms.